The fraction of sp³-hybridized carbons (Fsp3) is 0.250. The number of nitrogens with zero attached hydrogens (tertiary/aromatic N) is 2. The Morgan fingerprint density at radius 1 is 1.25 bits per heavy atom. The summed E-state index contributed by atoms with van der Waals surface area (Å²) in [6.45, 7) is 3.40. The number of aromatic nitrogens is 2. The molecule has 0 saturated carbocycles. The van der Waals surface area contributed by atoms with Crippen LogP contribution in [0.15, 0.2) is 58.2 Å². The summed E-state index contributed by atoms with van der Waals surface area (Å²) < 4.78 is 20.7. The summed E-state index contributed by atoms with van der Waals surface area (Å²) in [7, 11) is 0. The molecule has 0 aliphatic rings. The zero-order valence-corrected chi connectivity index (χ0v) is 15.5. The number of benzene rings is 1. The monoisotopic (exact) mass is 385 g/mol. The molecule has 3 rings (SSSR count). The Labute approximate surface area is 160 Å². The third kappa shape index (κ3) is 4.01. The van der Waals surface area contributed by atoms with E-state index in [1.807, 2.05) is 0 Å². The molecule has 0 unspecified atom stereocenters. The van der Waals surface area contributed by atoms with E-state index >= 15 is 0 Å². The van der Waals surface area contributed by atoms with Gasteiger partial charge in [0.1, 0.15) is 17.8 Å². The number of carbonyl (C=O) groups excluding carboxylic acids is 1. The smallest absolute Gasteiger partial charge is 0.251 e. The van der Waals surface area contributed by atoms with Gasteiger partial charge in [-0.25, -0.2) is 9.87 Å². The predicted octanol–water partition coefficient (Wildman–Crippen LogP) is 3.23. The highest BCUT2D eigenvalue weighted by molar-refractivity contribution is 5.80. The molecule has 0 atom stereocenters. The van der Waals surface area contributed by atoms with E-state index < -0.39 is 17.1 Å². The number of rotatable bonds is 6. The molecule has 28 heavy (non-hydrogen) atoms. The van der Waals surface area contributed by atoms with Crippen molar-refractivity contribution in [3.8, 4) is 22.4 Å². The summed E-state index contributed by atoms with van der Waals surface area (Å²) in [6.07, 6.45) is 2.86. The number of halogens is 1. The van der Waals surface area contributed by atoms with E-state index in [4.69, 9.17) is 9.73 Å². The van der Waals surface area contributed by atoms with Crippen LogP contribution in [-0.2, 0) is 11.3 Å². The molecule has 7 nitrogen and oxygen atoms in total. The molecule has 0 spiro atoms. The van der Waals surface area contributed by atoms with Crippen molar-refractivity contribution in [2.45, 2.75) is 26.8 Å². The number of nitrogens with one attached hydrogen (secondary N) is 1. The van der Waals surface area contributed by atoms with Gasteiger partial charge in [-0.05, 0) is 12.0 Å². The van der Waals surface area contributed by atoms with Crippen molar-refractivity contribution in [3.05, 3.63) is 65.0 Å². The molecule has 0 bridgehead atoms. The van der Waals surface area contributed by atoms with Crippen LogP contribution < -0.4 is 11.0 Å². The second-order valence-electron chi connectivity index (χ2n) is 7.10. The Kier molecular flexibility index (Phi) is 5.41. The van der Waals surface area contributed by atoms with Crippen LogP contribution in [0.3, 0.4) is 0 Å². The normalized spacial score (nSPS) is 11.4. The van der Waals surface area contributed by atoms with Gasteiger partial charge < -0.3 is 9.09 Å². The average Bonchev–Trinajstić information content (AvgIpc) is 3.22. The number of aryl methyl sites for hydroxylation is 1. The molecule has 8 heteroatoms. The Morgan fingerprint density at radius 3 is 2.54 bits per heavy atom. The summed E-state index contributed by atoms with van der Waals surface area (Å²) in [6, 6.07) is 9.92. The highest BCUT2D eigenvalue weighted by atomic mass is 19.1. The van der Waals surface area contributed by atoms with Gasteiger partial charge in [0, 0.05) is 41.4 Å². The van der Waals surface area contributed by atoms with Crippen LogP contribution in [0.1, 0.15) is 20.3 Å². The maximum atomic E-state index is 14.6. The van der Waals surface area contributed by atoms with Gasteiger partial charge in [0.2, 0.25) is 5.91 Å². The lowest BCUT2D eigenvalue weighted by molar-refractivity contribution is -0.138. The number of hydrogen-bond acceptors (Lipinski definition) is 5. The van der Waals surface area contributed by atoms with Gasteiger partial charge in [-0.2, -0.15) is 0 Å². The van der Waals surface area contributed by atoms with Gasteiger partial charge in [0.05, 0.1) is 0 Å². The molecule has 2 aromatic heterocycles. The standard InChI is InChI=1S/C20H20FN3O4/c1-20(2,19(26)22-27)8-9-24-12-16(21)15(11-18(24)25)13-3-5-14(6-4-13)17-7-10-28-23-17/h3-7,10-12,27H,8-9H2,1-2H3,(H,22,26). The van der Waals surface area contributed by atoms with E-state index in [1.165, 1.54) is 16.9 Å². The van der Waals surface area contributed by atoms with Crippen molar-refractivity contribution in [2.75, 3.05) is 0 Å². The highest BCUT2D eigenvalue weighted by Crippen LogP contribution is 2.26. The van der Waals surface area contributed by atoms with Crippen LogP contribution in [0.2, 0.25) is 0 Å². The molecule has 1 amide bonds. The minimum atomic E-state index is -0.902. The lowest BCUT2D eigenvalue weighted by Crippen LogP contribution is -2.36. The molecule has 3 aromatic rings. The summed E-state index contributed by atoms with van der Waals surface area (Å²) in [5.74, 6) is -1.11. The lowest BCUT2D eigenvalue weighted by Gasteiger charge is -2.22. The minimum absolute atomic E-state index is 0.140. The Balaban J connectivity index is 1.82. The van der Waals surface area contributed by atoms with Crippen molar-refractivity contribution in [3.63, 3.8) is 0 Å². The quantitative estimate of drug-likeness (QED) is 0.502. The van der Waals surface area contributed by atoms with Crippen LogP contribution in [0.25, 0.3) is 22.4 Å². The van der Waals surface area contributed by atoms with Crippen molar-refractivity contribution in [1.29, 1.82) is 0 Å². The van der Waals surface area contributed by atoms with E-state index in [2.05, 4.69) is 5.16 Å². The highest BCUT2D eigenvalue weighted by Gasteiger charge is 2.27. The average molecular weight is 385 g/mol. The second kappa shape index (κ2) is 7.77. The number of hydroxylamine groups is 1. The molecule has 0 aliphatic heterocycles. The van der Waals surface area contributed by atoms with Gasteiger partial charge in [0.25, 0.3) is 5.56 Å². The van der Waals surface area contributed by atoms with E-state index in [1.54, 1.807) is 49.7 Å². The molecule has 0 aliphatic carbocycles. The molecule has 146 valence electrons. The van der Waals surface area contributed by atoms with E-state index in [-0.39, 0.29) is 24.1 Å². The van der Waals surface area contributed by atoms with Gasteiger partial charge in [-0.3, -0.25) is 14.8 Å². The maximum Gasteiger partial charge on any atom is 0.251 e. The minimum Gasteiger partial charge on any atom is -0.364 e. The lowest BCUT2D eigenvalue weighted by atomic mass is 9.88. The molecule has 1 aromatic carbocycles. The van der Waals surface area contributed by atoms with Gasteiger partial charge in [-0.1, -0.05) is 43.3 Å². The zero-order valence-electron chi connectivity index (χ0n) is 15.5. The van der Waals surface area contributed by atoms with Crippen LogP contribution in [0, 0.1) is 11.2 Å². The van der Waals surface area contributed by atoms with Crippen molar-refractivity contribution >= 4 is 5.91 Å². The first-order chi connectivity index (χ1) is 13.3. The first kappa shape index (κ1) is 19.5. The third-order valence-electron chi connectivity index (χ3n) is 4.70. The molecular formula is C20H20FN3O4. The summed E-state index contributed by atoms with van der Waals surface area (Å²) in [4.78, 5) is 24.0. The maximum absolute atomic E-state index is 14.6. The molecular weight excluding hydrogens is 365 g/mol. The number of hydrogen-bond donors (Lipinski definition) is 2. The van der Waals surface area contributed by atoms with Gasteiger partial charge in [0.15, 0.2) is 0 Å². The van der Waals surface area contributed by atoms with E-state index in [9.17, 15) is 14.0 Å². The Morgan fingerprint density at radius 2 is 1.93 bits per heavy atom. The van der Waals surface area contributed by atoms with Crippen LogP contribution >= 0.6 is 0 Å². The molecule has 0 fully saturated rings. The van der Waals surface area contributed by atoms with Gasteiger partial charge >= 0.3 is 0 Å². The zero-order chi connectivity index (χ0) is 20.3. The fourth-order valence-corrected chi connectivity index (χ4v) is 2.79. The fourth-order valence-electron chi connectivity index (χ4n) is 2.79. The molecule has 2 N–H and O–H groups in total. The van der Waals surface area contributed by atoms with Crippen LogP contribution in [-0.4, -0.2) is 20.8 Å². The summed E-state index contributed by atoms with van der Waals surface area (Å²) in [5.41, 5.74) is 2.56. The van der Waals surface area contributed by atoms with Crippen molar-refractivity contribution in [1.82, 2.24) is 15.2 Å². The Bertz CT molecular complexity index is 1020. The van der Waals surface area contributed by atoms with Gasteiger partial charge in [-0.15, -0.1) is 0 Å². The van der Waals surface area contributed by atoms with Crippen molar-refractivity contribution in [2.24, 2.45) is 5.41 Å². The third-order valence-corrected chi connectivity index (χ3v) is 4.70. The number of amides is 1. The number of carbonyl (C=O) groups is 1. The first-order valence-corrected chi connectivity index (χ1v) is 8.67. The first-order valence-electron chi connectivity index (χ1n) is 8.67. The van der Waals surface area contributed by atoms with E-state index in [0.29, 0.717) is 11.3 Å². The predicted molar refractivity (Wildman–Crippen MR) is 99.9 cm³/mol. The van der Waals surface area contributed by atoms with Crippen LogP contribution in [0.4, 0.5) is 4.39 Å². The van der Waals surface area contributed by atoms with Crippen molar-refractivity contribution < 1.29 is 18.9 Å². The molecule has 0 radical (unpaired) electrons. The summed E-state index contributed by atoms with van der Waals surface area (Å²) in [5, 5.41) is 12.6. The Hall–Kier alpha value is -3.26. The topological polar surface area (TPSA) is 97.4 Å². The number of pyridine rings is 1. The van der Waals surface area contributed by atoms with E-state index in [0.717, 1.165) is 11.8 Å². The SMILES string of the molecule is CC(C)(CCn1cc(F)c(-c2ccc(-c3ccon3)cc2)cc1=O)C(=O)NO. The summed E-state index contributed by atoms with van der Waals surface area (Å²) >= 11 is 0. The largest absolute Gasteiger partial charge is 0.364 e. The molecule has 2 heterocycles. The van der Waals surface area contributed by atoms with Crippen LogP contribution in [0.5, 0.6) is 0 Å². The second-order valence-corrected chi connectivity index (χ2v) is 7.10. The molecule has 0 saturated heterocycles.